The summed E-state index contributed by atoms with van der Waals surface area (Å²) in [6, 6.07) is 3.63. The van der Waals surface area contributed by atoms with Gasteiger partial charge in [0, 0.05) is 12.6 Å². The van der Waals surface area contributed by atoms with Gasteiger partial charge < -0.3 is 20.1 Å². The van der Waals surface area contributed by atoms with Crippen molar-refractivity contribution < 1.29 is 24.2 Å². The van der Waals surface area contributed by atoms with E-state index < -0.39 is 17.9 Å². The number of carbonyl (C=O) groups excluding carboxylic acids is 2. The Bertz CT molecular complexity index is 584. The Labute approximate surface area is 115 Å². The van der Waals surface area contributed by atoms with E-state index in [0.29, 0.717) is 11.4 Å². The van der Waals surface area contributed by atoms with Crippen molar-refractivity contribution in [2.45, 2.75) is 13.0 Å². The molecule has 20 heavy (non-hydrogen) atoms. The van der Waals surface area contributed by atoms with Crippen LogP contribution in [0.15, 0.2) is 18.2 Å². The first-order valence-corrected chi connectivity index (χ1v) is 5.97. The average molecular weight is 278 g/mol. The van der Waals surface area contributed by atoms with Crippen LogP contribution in [0.25, 0.3) is 0 Å². The lowest BCUT2D eigenvalue weighted by atomic mass is 10.1. The van der Waals surface area contributed by atoms with Crippen LogP contribution in [0.1, 0.15) is 17.3 Å². The molecule has 0 bridgehead atoms. The highest BCUT2D eigenvalue weighted by molar-refractivity contribution is 6.00. The second-order valence-corrected chi connectivity index (χ2v) is 4.48. The molecule has 1 unspecified atom stereocenters. The van der Waals surface area contributed by atoms with Gasteiger partial charge in [-0.05, 0) is 25.1 Å². The van der Waals surface area contributed by atoms with Crippen molar-refractivity contribution in [1.82, 2.24) is 4.90 Å². The van der Waals surface area contributed by atoms with E-state index >= 15 is 0 Å². The number of nitrogens with one attached hydrogen (secondary N) is 1. The second-order valence-electron chi connectivity index (χ2n) is 4.48. The molecule has 0 aliphatic carbocycles. The molecule has 1 heterocycles. The Morgan fingerprint density at radius 3 is 2.80 bits per heavy atom. The Balaban J connectivity index is 2.25. The van der Waals surface area contributed by atoms with Crippen molar-refractivity contribution >= 4 is 23.5 Å². The van der Waals surface area contributed by atoms with E-state index in [1.54, 1.807) is 6.07 Å². The first-order valence-electron chi connectivity index (χ1n) is 5.97. The Kier molecular flexibility index (Phi) is 3.60. The Hall–Kier alpha value is -2.57. The van der Waals surface area contributed by atoms with E-state index in [1.807, 2.05) is 0 Å². The van der Waals surface area contributed by atoms with Gasteiger partial charge in [-0.25, -0.2) is 4.79 Å². The largest absolute Gasteiger partial charge is 0.482 e. The van der Waals surface area contributed by atoms with E-state index in [1.165, 1.54) is 26.1 Å². The summed E-state index contributed by atoms with van der Waals surface area (Å²) in [6.45, 7) is 1.36. The fourth-order valence-corrected chi connectivity index (χ4v) is 1.76. The maximum Gasteiger partial charge on any atom is 0.326 e. The van der Waals surface area contributed by atoms with Gasteiger partial charge >= 0.3 is 5.97 Å². The third kappa shape index (κ3) is 2.56. The van der Waals surface area contributed by atoms with Gasteiger partial charge in [0.25, 0.3) is 11.8 Å². The van der Waals surface area contributed by atoms with Crippen molar-refractivity contribution in [2.75, 3.05) is 19.0 Å². The molecule has 0 aromatic heterocycles. The van der Waals surface area contributed by atoms with Gasteiger partial charge in [0.05, 0.1) is 5.69 Å². The lowest BCUT2D eigenvalue weighted by Gasteiger charge is -2.23. The number of carboxylic acids is 1. The quantitative estimate of drug-likeness (QED) is 0.842. The number of ether oxygens (including phenoxy) is 1. The van der Waals surface area contributed by atoms with Gasteiger partial charge in [-0.3, -0.25) is 9.59 Å². The number of benzene rings is 1. The van der Waals surface area contributed by atoms with Gasteiger partial charge in [0.15, 0.2) is 6.61 Å². The third-order valence-corrected chi connectivity index (χ3v) is 3.12. The highest BCUT2D eigenvalue weighted by Gasteiger charge is 2.24. The zero-order valence-corrected chi connectivity index (χ0v) is 11.0. The molecule has 7 nitrogen and oxygen atoms in total. The van der Waals surface area contributed by atoms with Crippen LogP contribution in [0.5, 0.6) is 5.75 Å². The molecule has 1 aliphatic rings. The summed E-state index contributed by atoms with van der Waals surface area (Å²) in [6.07, 6.45) is 0. The lowest BCUT2D eigenvalue weighted by molar-refractivity contribution is -0.141. The summed E-state index contributed by atoms with van der Waals surface area (Å²) < 4.78 is 5.19. The molecule has 0 spiro atoms. The second kappa shape index (κ2) is 5.20. The van der Waals surface area contributed by atoms with Crippen LogP contribution in [0.4, 0.5) is 5.69 Å². The molecule has 0 fully saturated rings. The molecule has 0 saturated carbocycles. The highest BCUT2D eigenvalue weighted by atomic mass is 16.5. The molecule has 2 amide bonds. The van der Waals surface area contributed by atoms with Crippen LogP contribution >= 0.6 is 0 Å². The highest BCUT2D eigenvalue weighted by Crippen LogP contribution is 2.28. The lowest BCUT2D eigenvalue weighted by Crippen LogP contribution is -2.40. The van der Waals surface area contributed by atoms with Gasteiger partial charge in [-0.2, -0.15) is 0 Å². The molecule has 1 aliphatic heterocycles. The van der Waals surface area contributed by atoms with Crippen molar-refractivity contribution in [3.63, 3.8) is 0 Å². The van der Waals surface area contributed by atoms with Crippen molar-refractivity contribution in [3.05, 3.63) is 23.8 Å². The molecule has 2 N–H and O–H groups in total. The zero-order chi connectivity index (χ0) is 14.9. The number of hydrogen-bond donors (Lipinski definition) is 2. The number of carboxylic acid groups (broad SMARTS) is 1. The van der Waals surface area contributed by atoms with Crippen molar-refractivity contribution in [2.24, 2.45) is 0 Å². The number of fused-ring (bicyclic) bond motifs is 1. The van der Waals surface area contributed by atoms with Crippen LogP contribution in [0.3, 0.4) is 0 Å². The summed E-state index contributed by atoms with van der Waals surface area (Å²) in [4.78, 5) is 35.4. The molecule has 0 radical (unpaired) electrons. The minimum Gasteiger partial charge on any atom is -0.482 e. The van der Waals surface area contributed by atoms with Crippen LogP contribution in [0.2, 0.25) is 0 Å². The minimum absolute atomic E-state index is 0.0593. The number of likely N-dealkylation sites (N-methyl/N-ethyl adjacent to an activating group) is 1. The first kappa shape index (κ1) is 13.9. The molecule has 1 atom stereocenters. The van der Waals surface area contributed by atoms with E-state index in [4.69, 9.17) is 9.84 Å². The SMILES string of the molecule is CC(C(=O)O)N(C)C(=O)c1ccc2c(c1)NC(=O)CO2. The Morgan fingerprint density at radius 2 is 2.15 bits per heavy atom. The monoisotopic (exact) mass is 278 g/mol. The summed E-state index contributed by atoms with van der Waals surface area (Å²) in [7, 11) is 1.41. The summed E-state index contributed by atoms with van der Waals surface area (Å²) in [5.74, 6) is -1.34. The van der Waals surface area contributed by atoms with Gasteiger partial charge in [-0.15, -0.1) is 0 Å². The predicted octanol–water partition coefficient (Wildman–Crippen LogP) is 0.563. The molecule has 2 rings (SSSR count). The topological polar surface area (TPSA) is 95.9 Å². The number of carbonyl (C=O) groups is 3. The zero-order valence-electron chi connectivity index (χ0n) is 11.0. The van der Waals surface area contributed by atoms with Crippen LogP contribution in [-0.4, -0.2) is 47.5 Å². The molecule has 106 valence electrons. The molecular weight excluding hydrogens is 264 g/mol. The standard InChI is InChI=1S/C13H14N2O5/c1-7(13(18)19)15(2)12(17)8-3-4-10-9(5-8)14-11(16)6-20-10/h3-5,7H,6H2,1-2H3,(H,14,16)(H,18,19). The fraction of sp³-hybridized carbons (Fsp3) is 0.308. The summed E-state index contributed by atoms with van der Waals surface area (Å²) >= 11 is 0. The fourth-order valence-electron chi connectivity index (χ4n) is 1.76. The Morgan fingerprint density at radius 1 is 1.45 bits per heavy atom. The van der Waals surface area contributed by atoms with E-state index in [2.05, 4.69) is 5.32 Å². The normalized spacial score (nSPS) is 14.6. The average Bonchev–Trinajstić information content (AvgIpc) is 2.43. The van der Waals surface area contributed by atoms with Crippen LogP contribution in [-0.2, 0) is 9.59 Å². The maximum absolute atomic E-state index is 12.2. The van der Waals surface area contributed by atoms with Gasteiger partial charge in [-0.1, -0.05) is 0 Å². The summed E-state index contributed by atoms with van der Waals surface area (Å²) in [5, 5.41) is 11.5. The van der Waals surface area contributed by atoms with Gasteiger partial charge in [0.2, 0.25) is 0 Å². The van der Waals surface area contributed by atoms with Gasteiger partial charge in [0.1, 0.15) is 11.8 Å². The third-order valence-electron chi connectivity index (χ3n) is 3.12. The number of rotatable bonds is 3. The number of nitrogens with zero attached hydrogens (tertiary/aromatic N) is 1. The predicted molar refractivity (Wildman–Crippen MR) is 69.8 cm³/mol. The smallest absolute Gasteiger partial charge is 0.326 e. The van der Waals surface area contributed by atoms with Crippen molar-refractivity contribution in [1.29, 1.82) is 0 Å². The number of anilines is 1. The van der Waals surface area contributed by atoms with E-state index in [9.17, 15) is 14.4 Å². The number of amides is 2. The van der Waals surface area contributed by atoms with E-state index in [-0.39, 0.29) is 18.1 Å². The molecule has 1 aromatic rings. The number of hydrogen-bond acceptors (Lipinski definition) is 4. The molecular formula is C13H14N2O5. The minimum atomic E-state index is -1.09. The van der Waals surface area contributed by atoms with E-state index in [0.717, 1.165) is 4.90 Å². The van der Waals surface area contributed by atoms with Crippen molar-refractivity contribution in [3.8, 4) is 5.75 Å². The van der Waals surface area contributed by atoms with Crippen LogP contribution in [0, 0.1) is 0 Å². The maximum atomic E-state index is 12.2. The number of aliphatic carboxylic acids is 1. The summed E-state index contributed by atoms with van der Waals surface area (Å²) in [5.41, 5.74) is 0.689. The van der Waals surface area contributed by atoms with Crippen LogP contribution < -0.4 is 10.1 Å². The first-order chi connectivity index (χ1) is 9.40. The molecule has 0 saturated heterocycles. The molecule has 7 heteroatoms. The molecule has 1 aromatic carbocycles.